The Balaban J connectivity index is 2.07. The van der Waals surface area contributed by atoms with Gasteiger partial charge in [-0.25, -0.2) is 8.42 Å². The van der Waals surface area contributed by atoms with Gasteiger partial charge in [-0.2, -0.15) is 0 Å². The molecule has 0 fully saturated rings. The number of ether oxygens (including phenoxy) is 2. The third kappa shape index (κ3) is 2.06. The molecule has 1 aliphatic rings. The molecule has 0 spiro atoms. The Morgan fingerprint density at radius 2 is 1.53 bits per heavy atom. The monoisotopic (exact) mass is 276 g/mol. The normalized spacial score (nSPS) is 13.5. The van der Waals surface area contributed by atoms with E-state index in [9.17, 15) is 8.42 Å². The molecule has 0 amide bonds. The van der Waals surface area contributed by atoms with Crippen LogP contribution in [0.4, 0.5) is 0 Å². The van der Waals surface area contributed by atoms with Crippen LogP contribution in [-0.2, 0) is 9.84 Å². The zero-order valence-electron chi connectivity index (χ0n) is 10.3. The van der Waals surface area contributed by atoms with Gasteiger partial charge in [0.2, 0.25) is 16.6 Å². The number of benzene rings is 2. The summed E-state index contributed by atoms with van der Waals surface area (Å²) < 4.78 is 35.3. The Morgan fingerprint density at radius 3 is 2.26 bits per heavy atom. The van der Waals surface area contributed by atoms with Crippen molar-refractivity contribution in [1.82, 2.24) is 0 Å². The number of aryl methyl sites for hydroxylation is 1. The molecule has 98 valence electrons. The van der Waals surface area contributed by atoms with Crippen molar-refractivity contribution in [2.45, 2.75) is 16.7 Å². The van der Waals surface area contributed by atoms with Crippen LogP contribution in [0.15, 0.2) is 52.3 Å². The van der Waals surface area contributed by atoms with E-state index in [1.54, 1.807) is 30.3 Å². The summed E-state index contributed by atoms with van der Waals surface area (Å²) in [6, 6.07) is 11.4. The number of fused-ring (bicyclic) bond motifs is 1. The highest BCUT2D eigenvalue weighted by atomic mass is 32.2. The van der Waals surface area contributed by atoms with E-state index in [4.69, 9.17) is 9.47 Å². The van der Waals surface area contributed by atoms with Gasteiger partial charge in [-0.05, 0) is 31.2 Å². The molecule has 0 unspecified atom stereocenters. The Morgan fingerprint density at radius 1 is 0.895 bits per heavy atom. The summed E-state index contributed by atoms with van der Waals surface area (Å²) in [7, 11) is -3.51. The quantitative estimate of drug-likeness (QED) is 0.846. The maximum absolute atomic E-state index is 12.4. The topological polar surface area (TPSA) is 52.6 Å². The molecule has 0 saturated carbocycles. The first-order valence-electron chi connectivity index (χ1n) is 5.79. The van der Waals surface area contributed by atoms with Crippen LogP contribution in [-0.4, -0.2) is 15.2 Å². The maximum Gasteiger partial charge on any atom is 0.231 e. The molecule has 0 N–H and O–H groups in total. The van der Waals surface area contributed by atoms with Crippen LogP contribution in [0.25, 0.3) is 0 Å². The van der Waals surface area contributed by atoms with Crippen LogP contribution in [0.1, 0.15) is 5.56 Å². The van der Waals surface area contributed by atoms with Crippen LogP contribution >= 0.6 is 0 Å². The molecule has 0 atom stereocenters. The molecule has 0 saturated heterocycles. The van der Waals surface area contributed by atoms with Gasteiger partial charge in [-0.15, -0.1) is 0 Å². The van der Waals surface area contributed by atoms with Crippen LogP contribution in [0, 0.1) is 6.92 Å². The van der Waals surface area contributed by atoms with E-state index in [2.05, 4.69) is 0 Å². The average Bonchev–Trinajstić information content (AvgIpc) is 2.86. The lowest BCUT2D eigenvalue weighted by Crippen LogP contribution is -2.01. The van der Waals surface area contributed by atoms with Gasteiger partial charge in [0, 0.05) is 6.07 Å². The molecule has 0 bridgehead atoms. The summed E-state index contributed by atoms with van der Waals surface area (Å²) in [5.41, 5.74) is 1.02. The lowest BCUT2D eigenvalue weighted by molar-refractivity contribution is 0.174. The fourth-order valence-electron chi connectivity index (χ4n) is 1.90. The number of rotatable bonds is 2. The van der Waals surface area contributed by atoms with Crippen molar-refractivity contribution < 1.29 is 17.9 Å². The average molecular weight is 276 g/mol. The molecule has 0 aliphatic carbocycles. The van der Waals surface area contributed by atoms with Gasteiger partial charge in [0.25, 0.3) is 0 Å². The summed E-state index contributed by atoms with van der Waals surface area (Å²) in [6.45, 7) is 2.04. The van der Waals surface area contributed by atoms with Gasteiger partial charge < -0.3 is 9.47 Å². The predicted octanol–water partition coefficient (Wildman–Crippen LogP) is 2.56. The Hall–Kier alpha value is -2.01. The minimum absolute atomic E-state index is 0.128. The fraction of sp³-hybridized carbons (Fsp3) is 0.143. The van der Waals surface area contributed by atoms with Crippen LogP contribution in [0.2, 0.25) is 0 Å². The zero-order chi connectivity index (χ0) is 13.5. The van der Waals surface area contributed by atoms with E-state index in [0.717, 1.165) is 5.56 Å². The second-order valence-corrected chi connectivity index (χ2v) is 6.28. The van der Waals surface area contributed by atoms with Gasteiger partial charge in [0.05, 0.1) is 9.79 Å². The first-order valence-corrected chi connectivity index (χ1v) is 7.27. The van der Waals surface area contributed by atoms with Gasteiger partial charge in [0.1, 0.15) is 0 Å². The largest absolute Gasteiger partial charge is 0.454 e. The van der Waals surface area contributed by atoms with Crippen molar-refractivity contribution in [3.63, 3.8) is 0 Å². The molecule has 5 heteroatoms. The second kappa shape index (κ2) is 4.28. The van der Waals surface area contributed by atoms with Gasteiger partial charge >= 0.3 is 0 Å². The predicted molar refractivity (Wildman–Crippen MR) is 69.2 cm³/mol. The second-order valence-electron chi connectivity index (χ2n) is 4.33. The highest BCUT2D eigenvalue weighted by Gasteiger charge is 2.21. The molecular formula is C14H12O4S. The molecule has 3 rings (SSSR count). The molecule has 2 aromatic carbocycles. The fourth-order valence-corrected chi connectivity index (χ4v) is 3.17. The minimum atomic E-state index is -3.51. The molecule has 19 heavy (non-hydrogen) atoms. The third-order valence-electron chi connectivity index (χ3n) is 2.99. The SMILES string of the molecule is Cc1ccc(S(=O)(=O)c2ccc3c(c2)OCO3)cc1. The Bertz CT molecular complexity index is 718. The smallest absolute Gasteiger partial charge is 0.231 e. The van der Waals surface area contributed by atoms with Crippen molar-refractivity contribution in [2.75, 3.05) is 6.79 Å². The first kappa shape index (κ1) is 12.0. The summed E-state index contributed by atoms with van der Waals surface area (Å²) in [5.74, 6) is 1.04. The lowest BCUT2D eigenvalue weighted by atomic mass is 10.2. The molecule has 0 radical (unpaired) electrons. The van der Waals surface area contributed by atoms with Crippen molar-refractivity contribution in [2.24, 2.45) is 0 Å². The van der Waals surface area contributed by atoms with Gasteiger partial charge in [-0.1, -0.05) is 17.7 Å². The van der Waals surface area contributed by atoms with Crippen LogP contribution in [0.3, 0.4) is 0 Å². The van der Waals surface area contributed by atoms with Gasteiger partial charge in [-0.3, -0.25) is 0 Å². The summed E-state index contributed by atoms with van der Waals surface area (Å²) in [4.78, 5) is 0.484. The lowest BCUT2D eigenvalue weighted by Gasteiger charge is -2.06. The van der Waals surface area contributed by atoms with Crippen LogP contribution < -0.4 is 9.47 Å². The Kier molecular flexibility index (Phi) is 2.71. The van der Waals surface area contributed by atoms with E-state index >= 15 is 0 Å². The van der Waals surface area contributed by atoms with Gasteiger partial charge in [0.15, 0.2) is 11.5 Å². The van der Waals surface area contributed by atoms with Crippen LogP contribution in [0.5, 0.6) is 11.5 Å². The van der Waals surface area contributed by atoms with E-state index in [0.29, 0.717) is 11.5 Å². The van der Waals surface area contributed by atoms with Crippen molar-refractivity contribution in [3.8, 4) is 11.5 Å². The molecular weight excluding hydrogens is 264 g/mol. The van der Waals surface area contributed by atoms with Crippen molar-refractivity contribution >= 4 is 9.84 Å². The Labute approximate surface area is 111 Å². The zero-order valence-corrected chi connectivity index (χ0v) is 11.1. The summed E-state index contributed by atoms with van der Waals surface area (Å²) in [5, 5.41) is 0. The van der Waals surface area contributed by atoms with E-state index in [1.165, 1.54) is 12.1 Å². The maximum atomic E-state index is 12.4. The van der Waals surface area contributed by atoms with E-state index < -0.39 is 9.84 Å². The van der Waals surface area contributed by atoms with Crippen molar-refractivity contribution in [1.29, 1.82) is 0 Å². The number of hydrogen-bond acceptors (Lipinski definition) is 4. The molecule has 0 aromatic heterocycles. The van der Waals surface area contributed by atoms with Crippen molar-refractivity contribution in [3.05, 3.63) is 48.0 Å². The molecule has 2 aromatic rings. The molecule has 1 aliphatic heterocycles. The highest BCUT2D eigenvalue weighted by Crippen LogP contribution is 2.35. The summed E-state index contributed by atoms with van der Waals surface area (Å²) >= 11 is 0. The highest BCUT2D eigenvalue weighted by molar-refractivity contribution is 7.91. The summed E-state index contributed by atoms with van der Waals surface area (Å²) in [6.07, 6.45) is 0. The van der Waals surface area contributed by atoms with E-state index in [-0.39, 0.29) is 16.6 Å². The molecule has 4 nitrogen and oxygen atoms in total. The first-order chi connectivity index (χ1) is 9.07. The third-order valence-corrected chi connectivity index (χ3v) is 4.75. The molecule has 1 heterocycles. The standard InChI is InChI=1S/C14H12O4S/c1-10-2-4-11(5-3-10)19(15,16)12-6-7-13-14(8-12)18-9-17-13/h2-8H,9H2,1H3. The number of sulfone groups is 1. The minimum Gasteiger partial charge on any atom is -0.454 e. The number of hydrogen-bond donors (Lipinski definition) is 0. The van der Waals surface area contributed by atoms with E-state index in [1.807, 2.05) is 6.92 Å².